The summed E-state index contributed by atoms with van der Waals surface area (Å²) in [7, 11) is 0. The molecule has 1 aliphatic heterocycles. The van der Waals surface area contributed by atoms with Gasteiger partial charge in [0.15, 0.2) is 0 Å². The van der Waals surface area contributed by atoms with Crippen molar-refractivity contribution in [3.8, 4) is 0 Å². The number of carbonyl (C=O) groups is 2. The fraction of sp³-hybridized carbons (Fsp3) is 0.385. The van der Waals surface area contributed by atoms with Crippen LogP contribution in [0.15, 0.2) is 30.3 Å². The number of carbonyl (C=O) groups excluding carboxylic acids is 2. The minimum Gasteiger partial charge on any atom is -0.294 e. The molecule has 3 amide bonds. The molecule has 0 saturated carbocycles. The van der Waals surface area contributed by atoms with Crippen molar-refractivity contribution >= 4 is 17.6 Å². The standard InChI is InChI=1S/C13H13F3N2O2/c14-13(15,16)9-18-11(19)7-4-8-17(12(18)20)10-5-2-1-3-6-10/h1-3,5-6H,4,7-9H2. The maximum atomic E-state index is 12.5. The summed E-state index contributed by atoms with van der Waals surface area (Å²) < 4.78 is 37.5. The van der Waals surface area contributed by atoms with Gasteiger partial charge in [0.1, 0.15) is 6.54 Å². The number of alkyl halides is 3. The molecule has 0 N–H and O–H groups in total. The van der Waals surface area contributed by atoms with Crippen LogP contribution in [0.5, 0.6) is 0 Å². The van der Waals surface area contributed by atoms with Gasteiger partial charge in [-0.3, -0.25) is 14.6 Å². The molecule has 0 aliphatic carbocycles. The Kier molecular flexibility index (Phi) is 3.96. The number of nitrogens with zero attached hydrogens (tertiary/aromatic N) is 2. The van der Waals surface area contributed by atoms with Gasteiger partial charge in [0.05, 0.1) is 0 Å². The van der Waals surface area contributed by atoms with E-state index >= 15 is 0 Å². The van der Waals surface area contributed by atoms with Crippen molar-refractivity contribution in [3.63, 3.8) is 0 Å². The number of imide groups is 1. The summed E-state index contributed by atoms with van der Waals surface area (Å²) in [4.78, 5) is 25.3. The Balaban J connectivity index is 2.27. The van der Waals surface area contributed by atoms with Crippen molar-refractivity contribution in [2.45, 2.75) is 19.0 Å². The summed E-state index contributed by atoms with van der Waals surface area (Å²) >= 11 is 0. The van der Waals surface area contributed by atoms with Crippen LogP contribution < -0.4 is 4.90 Å². The van der Waals surface area contributed by atoms with Crippen LogP contribution in [-0.4, -0.2) is 36.1 Å². The lowest BCUT2D eigenvalue weighted by molar-refractivity contribution is -0.154. The lowest BCUT2D eigenvalue weighted by atomic mass is 10.2. The highest BCUT2D eigenvalue weighted by Gasteiger charge is 2.39. The number of benzene rings is 1. The van der Waals surface area contributed by atoms with E-state index in [2.05, 4.69) is 0 Å². The molecule has 0 aromatic heterocycles. The molecule has 1 aromatic carbocycles. The topological polar surface area (TPSA) is 40.6 Å². The van der Waals surface area contributed by atoms with Gasteiger partial charge < -0.3 is 0 Å². The lowest BCUT2D eigenvalue weighted by Crippen LogP contribution is -2.48. The Morgan fingerprint density at radius 1 is 1.10 bits per heavy atom. The van der Waals surface area contributed by atoms with E-state index in [4.69, 9.17) is 0 Å². The van der Waals surface area contributed by atoms with Crippen LogP contribution in [0.25, 0.3) is 0 Å². The van der Waals surface area contributed by atoms with Crippen molar-refractivity contribution in [1.82, 2.24) is 4.90 Å². The number of para-hydroxylation sites is 1. The second-order valence-electron chi connectivity index (χ2n) is 4.47. The molecule has 108 valence electrons. The van der Waals surface area contributed by atoms with Crippen LogP contribution in [0.2, 0.25) is 0 Å². The third-order valence-corrected chi connectivity index (χ3v) is 2.94. The number of urea groups is 1. The highest BCUT2D eigenvalue weighted by molar-refractivity contribution is 6.03. The predicted molar refractivity (Wildman–Crippen MR) is 66.2 cm³/mol. The molecule has 20 heavy (non-hydrogen) atoms. The predicted octanol–water partition coefficient (Wildman–Crippen LogP) is 2.80. The first kappa shape index (κ1) is 14.4. The summed E-state index contributed by atoms with van der Waals surface area (Å²) in [5, 5.41) is 0. The van der Waals surface area contributed by atoms with Gasteiger partial charge in [-0.2, -0.15) is 13.2 Å². The Morgan fingerprint density at radius 2 is 1.75 bits per heavy atom. The highest BCUT2D eigenvalue weighted by atomic mass is 19.4. The van der Waals surface area contributed by atoms with Crippen LogP contribution >= 0.6 is 0 Å². The van der Waals surface area contributed by atoms with Gasteiger partial charge in [0.25, 0.3) is 0 Å². The third kappa shape index (κ3) is 3.28. The van der Waals surface area contributed by atoms with E-state index < -0.39 is 24.7 Å². The molecule has 2 rings (SSSR count). The van der Waals surface area contributed by atoms with Gasteiger partial charge in [-0.25, -0.2) is 4.79 Å². The van der Waals surface area contributed by atoms with Crippen molar-refractivity contribution in [2.75, 3.05) is 18.0 Å². The van der Waals surface area contributed by atoms with Crippen LogP contribution in [-0.2, 0) is 4.79 Å². The molecule has 7 heteroatoms. The van der Waals surface area contributed by atoms with Gasteiger partial charge >= 0.3 is 12.2 Å². The number of hydrogen-bond donors (Lipinski definition) is 0. The number of amides is 3. The first-order chi connectivity index (χ1) is 9.38. The molecule has 1 saturated heterocycles. The average molecular weight is 286 g/mol. The smallest absolute Gasteiger partial charge is 0.294 e. The molecule has 0 unspecified atom stereocenters. The van der Waals surface area contributed by atoms with Crippen LogP contribution in [0.3, 0.4) is 0 Å². The molecule has 1 aromatic rings. The van der Waals surface area contributed by atoms with E-state index in [0.717, 1.165) is 0 Å². The van der Waals surface area contributed by atoms with Gasteiger partial charge in [-0.1, -0.05) is 18.2 Å². The van der Waals surface area contributed by atoms with E-state index in [-0.39, 0.29) is 17.9 Å². The summed E-state index contributed by atoms with van der Waals surface area (Å²) in [5.41, 5.74) is 0.486. The van der Waals surface area contributed by atoms with Crippen molar-refractivity contribution in [1.29, 1.82) is 0 Å². The summed E-state index contributed by atoms with van der Waals surface area (Å²) in [6.45, 7) is -1.32. The van der Waals surface area contributed by atoms with E-state index in [9.17, 15) is 22.8 Å². The first-order valence-corrected chi connectivity index (χ1v) is 6.12. The highest BCUT2D eigenvalue weighted by Crippen LogP contribution is 2.23. The summed E-state index contributed by atoms with van der Waals surface area (Å²) in [6.07, 6.45) is -4.32. The van der Waals surface area contributed by atoms with Gasteiger partial charge in [0.2, 0.25) is 5.91 Å². The number of rotatable bonds is 2. The zero-order valence-corrected chi connectivity index (χ0v) is 10.6. The molecular weight excluding hydrogens is 273 g/mol. The summed E-state index contributed by atoms with van der Waals surface area (Å²) in [6, 6.07) is 7.44. The quantitative estimate of drug-likeness (QED) is 0.838. The molecular formula is C13H13F3N2O2. The van der Waals surface area contributed by atoms with Crippen LogP contribution in [0.1, 0.15) is 12.8 Å². The molecule has 0 radical (unpaired) electrons. The molecule has 0 atom stereocenters. The fourth-order valence-corrected chi connectivity index (χ4v) is 2.05. The van der Waals surface area contributed by atoms with Gasteiger partial charge in [-0.15, -0.1) is 0 Å². The number of anilines is 1. The zero-order valence-electron chi connectivity index (χ0n) is 10.6. The normalized spacial score (nSPS) is 17.4. The van der Waals surface area contributed by atoms with Crippen LogP contribution in [0.4, 0.5) is 23.7 Å². The molecule has 0 spiro atoms. The largest absolute Gasteiger partial charge is 0.406 e. The van der Waals surface area contributed by atoms with Gasteiger partial charge in [0, 0.05) is 18.7 Å². The van der Waals surface area contributed by atoms with E-state index in [1.165, 1.54) is 4.90 Å². The van der Waals surface area contributed by atoms with E-state index in [1.54, 1.807) is 30.3 Å². The second-order valence-corrected chi connectivity index (χ2v) is 4.47. The third-order valence-electron chi connectivity index (χ3n) is 2.94. The van der Waals surface area contributed by atoms with Crippen LogP contribution in [0, 0.1) is 0 Å². The molecule has 0 bridgehead atoms. The minimum atomic E-state index is -4.60. The average Bonchev–Trinajstić information content (AvgIpc) is 2.51. The molecule has 4 nitrogen and oxygen atoms in total. The SMILES string of the molecule is O=C1CCCN(c2ccccc2)C(=O)N1CC(F)(F)F. The Hall–Kier alpha value is -2.05. The molecule has 1 aliphatic rings. The Morgan fingerprint density at radius 3 is 2.35 bits per heavy atom. The molecule has 1 heterocycles. The zero-order chi connectivity index (χ0) is 14.8. The van der Waals surface area contributed by atoms with Gasteiger partial charge in [-0.05, 0) is 18.6 Å². The second kappa shape index (κ2) is 5.52. The maximum Gasteiger partial charge on any atom is 0.406 e. The van der Waals surface area contributed by atoms with Crippen molar-refractivity contribution in [2.24, 2.45) is 0 Å². The number of halogens is 3. The van der Waals surface area contributed by atoms with E-state index in [1.807, 2.05) is 0 Å². The maximum absolute atomic E-state index is 12.5. The summed E-state index contributed by atoms with van der Waals surface area (Å²) in [5.74, 6) is -0.786. The fourth-order valence-electron chi connectivity index (χ4n) is 2.05. The Bertz CT molecular complexity index is 502. The van der Waals surface area contributed by atoms with E-state index in [0.29, 0.717) is 12.1 Å². The van der Waals surface area contributed by atoms with Crippen molar-refractivity contribution in [3.05, 3.63) is 30.3 Å². The minimum absolute atomic E-state index is 0.0643. The number of hydrogen-bond acceptors (Lipinski definition) is 2. The lowest BCUT2D eigenvalue weighted by Gasteiger charge is -2.27. The molecule has 1 fully saturated rings. The first-order valence-electron chi connectivity index (χ1n) is 6.12. The van der Waals surface area contributed by atoms with Crippen molar-refractivity contribution < 1.29 is 22.8 Å². The Labute approximate surface area is 113 Å². The monoisotopic (exact) mass is 286 g/mol.